The average Bonchev–Trinajstić information content (AvgIpc) is 3.28. The van der Waals surface area contributed by atoms with Gasteiger partial charge in [0.2, 0.25) is 5.95 Å². The molecule has 2 heterocycles. The molecule has 2 aromatic carbocycles. The highest BCUT2D eigenvalue weighted by Crippen LogP contribution is 2.27. The van der Waals surface area contributed by atoms with E-state index in [0.717, 1.165) is 64.3 Å². The first-order valence-corrected chi connectivity index (χ1v) is 10.8. The fourth-order valence-electron chi connectivity index (χ4n) is 3.68. The van der Waals surface area contributed by atoms with Crippen molar-refractivity contribution >= 4 is 28.3 Å². The van der Waals surface area contributed by atoms with Gasteiger partial charge in [0.05, 0.1) is 11.2 Å². The third-order valence-electron chi connectivity index (χ3n) is 5.37. The van der Waals surface area contributed by atoms with Gasteiger partial charge in [0.1, 0.15) is 11.9 Å². The van der Waals surface area contributed by atoms with Gasteiger partial charge in [-0.05, 0) is 56.7 Å². The number of allylic oxidation sites excluding steroid dienone is 3. The number of aryl methyl sites for hydroxylation is 1. The van der Waals surface area contributed by atoms with Gasteiger partial charge >= 0.3 is 0 Å². The maximum absolute atomic E-state index is 6.20. The van der Waals surface area contributed by atoms with Gasteiger partial charge in [-0.15, -0.1) is 0 Å². The van der Waals surface area contributed by atoms with Crippen molar-refractivity contribution in [1.82, 2.24) is 15.3 Å². The summed E-state index contributed by atoms with van der Waals surface area (Å²) in [7, 11) is 1.79. The van der Waals surface area contributed by atoms with E-state index in [4.69, 9.17) is 9.72 Å². The highest BCUT2D eigenvalue weighted by molar-refractivity contribution is 6.09. The quantitative estimate of drug-likeness (QED) is 0.411. The molecule has 0 aliphatic carbocycles. The van der Waals surface area contributed by atoms with E-state index < -0.39 is 0 Å². The van der Waals surface area contributed by atoms with Gasteiger partial charge in [-0.1, -0.05) is 30.4 Å². The lowest BCUT2D eigenvalue weighted by molar-refractivity contribution is 0.222. The molecule has 0 bridgehead atoms. The first-order chi connectivity index (χ1) is 15.5. The number of hydrogen-bond donors (Lipinski definition) is 2. The minimum absolute atomic E-state index is 0.210. The number of rotatable bonds is 7. The highest BCUT2D eigenvalue weighted by atomic mass is 16.5. The van der Waals surface area contributed by atoms with E-state index in [1.165, 1.54) is 0 Å². The monoisotopic (exact) mass is 427 g/mol. The van der Waals surface area contributed by atoms with Crippen LogP contribution in [0.5, 0.6) is 5.75 Å². The van der Waals surface area contributed by atoms with Crippen molar-refractivity contribution in [2.45, 2.75) is 26.4 Å². The molecule has 0 amide bonds. The molecule has 0 radical (unpaired) electrons. The van der Waals surface area contributed by atoms with E-state index in [1.54, 1.807) is 7.05 Å². The Morgan fingerprint density at radius 3 is 2.91 bits per heavy atom. The molecule has 1 unspecified atom stereocenters. The van der Waals surface area contributed by atoms with Crippen LogP contribution in [0.4, 0.5) is 11.6 Å². The molecule has 2 N–H and O–H groups in total. The standard InChI is InChI=1S/C26H29N5O/c1-17(2)8-9-23(27-4)19-6-5-7-21(13-19)30-26-29-15-20-12-18(3)25(14-24(20)31-26)32-22-10-11-28-16-22/h5-9,12-15,22,28H,1,10-11,16H2,2-4H3,(H,29,30,31)/b9-8-,27-23+. The zero-order valence-corrected chi connectivity index (χ0v) is 18.9. The van der Waals surface area contributed by atoms with Crippen LogP contribution in [0, 0.1) is 6.92 Å². The maximum atomic E-state index is 6.20. The molecular weight excluding hydrogens is 398 g/mol. The average molecular weight is 428 g/mol. The highest BCUT2D eigenvalue weighted by Gasteiger charge is 2.17. The summed E-state index contributed by atoms with van der Waals surface area (Å²) in [5, 5.41) is 7.65. The van der Waals surface area contributed by atoms with Gasteiger partial charge in [-0.25, -0.2) is 9.97 Å². The Morgan fingerprint density at radius 1 is 1.28 bits per heavy atom. The molecule has 6 heteroatoms. The lowest BCUT2D eigenvalue weighted by Gasteiger charge is -2.15. The lowest BCUT2D eigenvalue weighted by atomic mass is 10.1. The Morgan fingerprint density at radius 2 is 2.16 bits per heavy atom. The van der Waals surface area contributed by atoms with E-state index >= 15 is 0 Å². The first kappa shape index (κ1) is 21.7. The summed E-state index contributed by atoms with van der Waals surface area (Å²) >= 11 is 0. The minimum atomic E-state index is 0.210. The number of hydrogen-bond acceptors (Lipinski definition) is 6. The lowest BCUT2D eigenvalue weighted by Crippen LogP contribution is -2.20. The second-order valence-electron chi connectivity index (χ2n) is 8.10. The van der Waals surface area contributed by atoms with Crippen LogP contribution < -0.4 is 15.4 Å². The Balaban J connectivity index is 1.57. The molecular formula is C26H29N5O. The molecule has 1 saturated heterocycles. The van der Waals surface area contributed by atoms with E-state index in [9.17, 15) is 0 Å². The third-order valence-corrected chi connectivity index (χ3v) is 5.37. The van der Waals surface area contributed by atoms with Gasteiger partial charge in [0.15, 0.2) is 0 Å². The predicted octanol–water partition coefficient (Wildman–Crippen LogP) is 4.97. The Bertz CT molecular complexity index is 1190. The van der Waals surface area contributed by atoms with Gasteiger partial charge in [0.25, 0.3) is 0 Å². The van der Waals surface area contributed by atoms with Crippen molar-refractivity contribution in [2.75, 3.05) is 25.5 Å². The summed E-state index contributed by atoms with van der Waals surface area (Å²) in [6.07, 6.45) is 7.00. The first-order valence-electron chi connectivity index (χ1n) is 10.8. The topological polar surface area (TPSA) is 71.4 Å². The number of ether oxygens (including phenoxy) is 1. The molecule has 4 rings (SSSR count). The number of nitrogens with one attached hydrogen (secondary N) is 2. The predicted molar refractivity (Wildman–Crippen MR) is 132 cm³/mol. The molecule has 1 fully saturated rings. The van der Waals surface area contributed by atoms with Gasteiger partial charge in [0, 0.05) is 42.5 Å². The molecule has 1 atom stereocenters. The van der Waals surface area contributed by atoms with E-state index in [1.807, 2.05) is 55.6 Å². The van der Waals surface area contributed by atoms with Crippen molar-refractivity contribution in [1.29, 1.82) is 0 Å². The molecule has 1 aliphatic heterocycles. The number of benzene rings is 2. The zero-order valence-electron chi connectivity index (χ0n) is 18.9. The van der Waals surface area contributed by atoms with Crippen LogP contribution in [0.3, 0.4) is 0 Å². The summed E-state index contributed by atoms with van der Waals surface area (Å²) in [4.78, 5) is 13.6. The van der Waals surface area contributed by atoms with Crippen molar-refractivity contribution in [3.8, 4) is 5.75 Å². The number of fused-ring (bicyclic) bond motifs is 1. The van der Waals surface area contributed by atoms with Crippen molar-refractivity contribution < 1.29 is 4.74 Å². The van der Waals surface area contributed by atoms with Crippen molar-refractivity contribution in [2.24, 2.45) is 4.99 Å². The Hall–Kier alpha value is -3.51. The molecule has 1 aliphatic rings. The molecule has 6 nitrogen and oxygen atoms in total. The molecule has 1 aromatic heterocycles. The minimum Gasteiger partial charge on any atom is -0.489 e. The van der Waals surface area contributed by atoms with E-state index in [0.29, 0.717) is 5.95 Å². The number of aliphatic imine (C=N–C) groups is 1. The summed E-state index contributed by atoms with van der Waals surface area (Å²) in [5.74, 6) is 1.42. The molecule has 0 saturated carbocycles. The van der Waals surface area contributed by atoms with E-state index in [2.05, 4.69) is 40.2 Å². The van der Waals surface area contributed by atoms with Gasteiger partial charge in [-0.2, -0.15) is 0 Å². The number of aromatic nitrogens is 2. The third kappa shape index (κ3) is 5.21. The van der Waals surface area contributed by atoms with Crippen LogP contribution in [-0.4, -0.2) is 41.9 Å². The van der Waals surface area contributed by atoms with Crippen molar-refractivity contribution in [3.05, 3.63) is 78.0 Å². The second kappa shape index (κ2) is 9.75. The molecule has 3 aromatic rings. The van der Waals surface area contributed by atoms with E-state index in [-0.39, 0.29) is 6.10 Å². The molecule has 0 spiro atoms. The van der Waals surface area contributed by atoms with Crippen LogP contribution in [0.2, 0.25) is 0 Å². The summed E-state index contributed by atoms with van der Waals surface area (Å²) in [6, 6.07) is 12.1. The van der Waals surface area contributed by atoms with Crippen LogP contribution in [-0.2, 0) is 0 Å². The van der Waals surface area contributed by atoms with Crippen LogP contribution >= 0.6 is 0 Å². The fraction of sp³-hybridized carbons (Fsp3) is 0.269. The Kier molecular flexibility index (Phi) is 6.61. The number of nitrogens with zero attached hydrogens (tertiary/aromatic N) is 3. The second-order valence-corrected chi connectivity index (χ2v) is 8.10. The van der Waals surface area contributed by atoms with Crippen molar-refractivity contribution in [3.63, 3.8) is 0 Å². The zero-order chi connectivity index (χ0) is 22.5. The van der Waals surface area contributed by atoms with Gasteiger partial charge < -0.3 is 15.4 Å². The van der Waals surface area contributed by atoms with Crippen LogP contribution in [0.25, 0.3) is 10.9 Å². The van der Waals surface area contributed by atoms with Crippen LogP contribution in [0.15, 0.2) is 71.9 Å². The summed E-state index contributed by atoms with van der Waals surface area (Å²) < 4.78 is 6.20. The SMILES string of the molecule is C=C(C)/C=C\C(=N/C)c1cccc(Nc2ncc3cc(C)c(OC4CCNC4)cc3n2)c1. The normalized spacial score (nSPS) is 16.6. The number of anilines is 2. The molecule has 164 valence electrons. The summed E-state index contributed by atoms with van der Waals surface area (Å²) in [6.45, 7) is 9.81. The van der Waals surface area contributed by atoms with Gasteiger partial charge in [-0.3, -0.25) is 4.99 Å². The molecule has 32 heavy (non-hydrogen) atoms. The smallest absolute Gasteiger partial charge is 0.227 e. The van der Waals surface area contributed by atoms with Crippen LogP contribution in [0.1, 0.15) is 24.5 Å². The summed E-state index contributed by atoms with van der Waals surface area (Å²) in [5.41, 5.74) is 5.71. The maximum Gasteiger partial charge on any atom is 0.227 e. The fourth-order valence-corrected chi connectivity index (χ4v) is 3.68. The Labute approximate surface area is 189 Å². The largest absolute Gasteiger partial charge is 0.489 e.